The summed E-state index contributed by atoms with van der Waals surface area (Å²) < 4.78 is 6.01. The molecule has 5 heteroatoms. The molecule has 0 bridgehead atoms. The molecule has 1 fully saturated rings. The Morgan fingerprint density at radius 2 is 1.75 bits per heavy atom. The average Bonchev–Trinajstić information content (AvgIpc) is 2.80. The summed E-state index contributed by atoms with van der Waals surface area (Å²) in [6.45, 7) is 12.1. The largest absolute Gasteiger partial charge is 0.461 e. The number of carbonyl (C=O) groups is 3. The van der Waals surface area contributed by atoms with Crippen molar-refractivity contribution in [2.45, 2.75) is 92.2 Å². The maximum absolute atomic E-state index is 13.2. The molecule has 0 aromatic heterocycles. The molecule has 0 radical (unpaired) electrons. The van der Waals surface area contributed by atoms with E-state index in [0.29, 0.717) is 13.0 Å². The van der Waals surface area contributed by atoms with Gasteiger partial charge < -0.3 is 9.64 Å². The molecule has 0 saturated carbocycles. The van der Waals surface area contributed by atoms with Gasteiger partial charge >= 0.3 is 5.97 Å². The number of piperidine rings is 1. The Kier molecular flexibility index (Phi) is 9.47. The molecule has 1 aliphatic heterocycles. The topological polar surface area (TPSA) is 63.7 Å². The monoisotopic (exact) mass is 443 g/mol. The van der Waals surface area contributed by atoms with Gasteiger partial charge in [-0.05, 0) is 49.5 Å². The van der Waals surface area contributed by atoms with Gasteiger partial charge in [0.25, 0.3) is 5.91 Å². The minimum atomic E-state index is -0.766. The van der Waals surface area contributed by atoms with Crippen LogP contribution in [0.2, 0.25) is 0 Å². The Labute approximate surface area is 193 Å². The van der Waals surface area contributed by atoms with E-state index in [1.807, 2.05) is 32.0 Å². The highest BCUT2D eigenvalue weighted by atomic mass is 16.5. The zero-order chi connectivity index (χ0) is 23.9. The molecule has 2 rings (SSSR count). The van der Waals surface area contributed by atoms with Gasteiger partial charge in [0.2, 0.25) is 5.78 Å². The SMILES string of the molecule is CCC(C)[C@@H](CCc1ccccc1)OC(=O)[C@@H]1CCCCN1C(=O)C(=O)C(C)(C)C(C)C. The zero-order valence-electron chi connectivity index (χ0n) is 20.7. The van der Waals surface area contributed by atoms with E-state index in [1.54, 1.807) is 13.8 Å². The van der Waals surface area contributed by atoms with Gasteiger partial charge in [0, 0.05) is 12.0 Å². The van der Waals surface area contributed by atoms with Crippen molar-refractivity contribution in [2.75, 3.05) is 6.54 Å². The average molecular weight is 444 g/mol. The van der Waals surface area contributed by atoms with Crippen LogP contribution in [-0.2, 0) is 25.5 Å². The maximum Gasteiger partial charge on any atom is 0.329 e. The van der Waals surface area contributed by atoms with Crippen molar-refractivity contribution in [1.29, 1.82) is 0 Å². The summed E-state index contributed by atoms with van der Waals surface area (Å²) in [6, 6.07) is 9.51. The Morgan fingerprint density at radius 3 is 2.34 bits per heavy atom. The van der Waals surface area contributed by atoms with Crippen LogP contribution >= 0.6 is 0 Å². The number of carbonyl (C=O) groups excluding carboxylic acids is 3. The van der Waals surface area contributed by atoms with Gasteiger partial charge in [-0.2, -0.15) is 0 Å². The Hall–Kier alpha value is -2.17. The van der Waals surface area contributed by atoms with Crippen LogP contribution in [-0.4, -0.2) is 41.3 Å². The van der Waals surface area contributed by atoms with E-state index in [-0.39, 0.29) is 23.9 Å². The van der Waals surface area contributed by atoms with Crippen molar-refractivity contribution < 1.29 is 19.1 Å². The molecular formula is C27H41NO4. The normalized spacial score (nSPS) is 18.8. The highest BCUT2D eigenvalue weighted by Gasteiger charge is 2.43. The zero-order valence-corrected chi connectivity index (χ0v) is 20.7. The minimum Gasteiger partial charge on any atom is -0.461 e. The lowest BCUT2D eigenvalue weighted by atomic mass is 9.76. The molecule has 3 atom stereocenters. The second-order valence-electron chi connectivity index (χ2n) is 10.1. The second-order valence-corrected chi connectivity index (χ2v) is 10.1. The number of aryl methyl sites for hydroxylation is 1. The van der Waals surface area contributed by atoms with Crippen molar-refractivity contribution in [2.24, 2.45) is 17.3 Å². The van der Waals surface area contributed by atoms with Crippen LogP contribution < -0.4 is 0 Å². The molecule has 1 amide bonds. The summed E-state index contributed by atoms with van der Waals surface area (Å²) in [5.74, 6) is -1.09. The van der Waals surface area contributed by atoms with Crippen molar-refractivity contribution in [1.82, 2.24) is 4.90 Å². The van der Waals surface area contributed by atoms with Crippen LogP contribution in [0.5, 0.6) is 0 Å². The third kappa shape index (κ3) is 6.43. The number of likely N-dealkylation sites (tertiary alicyclic amines) is 1. The number of rotatable bonds is 10. The molecule has 1 unspecified atom stereocenters. The van der Waals surface area contributed by atoms with Crippen LogP contribution in [0.25, 0.3) is 0 Å². The molecule has 1 saturated heterocycles. The first-order chi connectivity index (χ1) is 15.1. The van der Waals surface area contributed by atoms with Gasteiger partial charge in [-0.3, -0.25) is 9.59 Å². The fourth-order valence-electron chi connectivity index (χ4n) is 3.99. The minimum absolute atomic E-state index is 0.0295. The number of Topliss-reactive ketones (excluding diaryl/α,β-unsaturated/α-hetero) is 1. The number of benzene rings is 1. The fourth-order valence-corrected chi connectivity index (χ4v) is 3.99. The highest BCUT2D eigenvalue weighted by Crippen LogP contribution is 2.30. The van der Waals surface area contributed by atoms with Crippen LogP contribution in [0.1, 0.15) is 79.2 Å². The third-order valence-corrected chi connectivity index (χ3v) is 7.37. The van der Waals surface area contributed by atoms with Crippen molar-refractivity contribution in [3.8, 4) is 0 Å². The quantitative estimate of drug-likeness (QED) is 0.368. The Balaban J connectivity index is 2.12. The smallest absolute Gasteiger partial charge is 0.329 e. The van der Waals surface area contributed by atoms with E-state index in [1.165, 1.54) is 10.5 Å². The van der Waals surface area contributed by atoms with Gasteiger partial charge in [0.1, 0.15) is 12.1 Å². The molecule has 0 N–H and O–H groups in total. The van der Waals surface area contributed by atoms with Crippen LogP contribution in [0.4, 0.5) is 0 Å². The molecule has 1 aliphatic rings. The van der Waals surface area contributed by atoms with E-state index < -0.39 is 23.1 Å². The van der Waals surface area contributed by atoms with Gasteiger partial charge in [-0.25, -0.2) is 4.79 Å². The van der Waals surface area contributed by atoms with E-state index in [2.05, 4.69) is 26.0 Å². The molecule has 178 valence electrons. The van der Waals surface area contributed by atoms with Crippen LogP contribution in [0.15, 0.2) is 30.3 Å². The molecule has 1 aromatic rings. The van der Waals surface area contributed by atoms with Crippen molar-refractivity contribution in [3.63, 3.8) is 0 Å². The van der Waals surface area contributed by atoms with Crippen LogP contribution in [0, 0.1) is 17.3 Å². The molecule has 1 aromatic carbocycles. The Bertz CT molecular complexity index is 771. The lowest BCUT2D eigenvalue weighted by Gasteiger charge is -2.37. The van der Waals surface area contributed by atoms with E-state index in [4.69, 9.17) is 4.74 Å². The number of ketones is 1. The van der Waals surface area contributed by atoms with Crippen LogP contribution in [0.3, 0.4) is 0 Å². The predicted molar refractivity (Wildman–Crippen MR) is 127 cm³/mol. The molecule has 1 heterocycles. The molecule has 0 aliphatic carbocycles. The predicted octanol–water partition coefficient (Wildman–Crippen LogP) is 5.21. The molecule has 32 heavy (non-hydrogen) atoms. The lowest BCUT2D eigenvalue weighted by Crippen LogP contribution is -2.54. The van der Waals surface area contributed by atoms with E-state index in [0.717, 1.165) is 32.1 Å². The first-order valence-corrected chi connectivity index (χ1v) is 12.2. The summed E-state index contributed by atoms with van der Waals surface area (Å²) in [6.07, 6.45) is 4.46. The summed E-state index contributed by atoms with van der Waals surface area (Å²) in [5, 5.41) is 0. The summed E-state index contributed by atoms with van der Waals surface area (Å²) in [7, 11) is 0. The molecule has 0 spiro atoms. The van der Waals surface area contributed by atoms with Gasteiger partial charge in [0.05, 0.1) is 0 Å². The molecular weight excluding hydrogens is 402 g/mol. The van der Waals surface area contributed by atoms with E-state index >= 15 is 0 Å². The van der Waals surface area contributed by atoms with Gasteiger partial charge in [0.15, 0.2) is 0 Å². The number of hydrogen-bond donors (Lipinski definition) is 0. The second kappa shape index (κ2) is 11.6. The van der Waals surface area contributed by atoms with E-state index in [9.17, 15) is 14.4 Å². The number of ether oxygens (including phenoxy) is 1. The third-order valence-electron chi connectivity index (χ3n) is 7.37. The standard InChI is InChI=1S/C27H41NO4/c1-7-20(4)23(17-16-21-13-9-8-10-14-21)32-26(31)22-15-11-12-18-28(22)25(30)24(29)27(5,6)19(2)3/h8-10,13-14,19-20,22-23H,7,11-12,15-18H2,1-6H3/t20?,22-,23+/m0/s1. The fraction of sp³-hybridized carbons (Fsp3) is 0.667. The first-order valence-electron chi connectivity index (χ1n) is 12.2. The highest BCUT2D eigenvalue weighted by molar-refractivity contribution is 6.38. The summed E-state index contributed by atoms with van der Waals surface area (Å²) in [4.78, 5) is 40.8. The van der Waals surface area contributed by atoms with Crippen molar-refractivity contribution in [3.05, 3.63) is 35.9 Å². The van der Waals surface area contributed by atoms with Gasteiger partial charge in [-0.1, -0.05) is 78.3 Å². The maximum atomic E-state index is 13.2. The first kappa shape index (κ1) is 26.1. The number of nitrogens with zero attached hydrogens (tertiary/aromatic N) is 1. The summed E-state index contributed by atoms with van der Waals surface area (Å²) in [5.41, 5.74) is 0.450. The molecule has 5 nitrogen and oxygen atoms in total. The lowest BCUT2D eigenvalue weighted by molar-refractivity contribution is -0.166. The number of amides is 1. The number of hydrogen-bond acceptors (Lipinski definition) is 4. The van der Waals surface area contributed by atoms with Crippen molar-refractivity contribution >= 4 is 17.7 Å². The summed E-state index contributed by atoms with van der Waals surface area (Å²) >= 11 is 0. The Morgan fingerprint density at radius 1 is 1.09 bits per heavy atom. The van der Waals surface area contributed by atoms with Gasteiger partial charge in [-0.15, -0.1) is 0 Å². The number of esters is 1.